The molecule has 1 saturated carbocycles. The van der Waals surface area contributed by atoms with Crippen LogP contribution in [0.25, 0.3) is 0 Å². The van der Waals surface area contributed by atoms with Crippen molar-refractivity contribution in [2.75, 3.05) is 6.61 Å². The number of rotatable bonds is 3. The van der Waals surface area contributed by atoms with Gasteiger partial charge in [0.2, 0.25) is 5.89 Å². The van der Waals surface area contributed by atoms with Crippen LogP contribution in [-0.2, 0) is 12.0 Å². The zero-order valence-electron chi connectivity index (χ0n) is 14.5. The highest BCUT2D eigenvalue weighted by molar-refractivity contribution is 5.95. The molecule has 1 amide bonds. The van der Waals surface area contributed by atoms with Crippen molar-refractivity contribution < 1.29 is 14.1 Å². The molecular formula is C19H23N3O3. The summed E-state index contributed by atoms with van der Waals surface area (Å²) in [7, 11) is 0. The lowest BCUT2D eigenvalue weighted by atomic mass is 9.88. The van der Waals surface area contributed by atoms with Crippen LogP contribution in [-0.4, -0.2) is 22.7 Å². The van der Waals surface area contributed by atoms with Crippen molar-refractivity contribution >= 4 is 5.91 Å². The number of hydrogen-bond donors (Lipinski definition) is 1. The van der Waals surface area contributed by atoms with Crippen molar-refractivity contribution in [3.63, 3.8) is 0 Å². The molecule has 6 heteroatoms. The van der Waals surface area contributed by atoms with E-state index in [4.69, 9.17) is 9.26 Å². The van der Waals surface area contributed by atoms with Gasteiger partial charge in [-0.2, -0.15) is 4.98 Å². The second kappa shape index (κ2) is 6.50. The summed E-state index contributed by atoms with van der Waals surface area (Å²) in [5.41, 5.74) is 1.21. The Morgan fingerprint density at radius 1 is 1.20 bits per heavy atom. The number of aromatic nitrogens is 2. The molecule has 2 aliphatic rings. The van der Waals surface area contributed by atoms with E-state index in [1.54, 1.807) is 6.92 Å². The molecule has 0 spiro atoms. The second-order valence-corrected chi connectivity index (χ2v) is 7.01. The fraction of sp³-hybridized carbons (Fsp3) is 0.526. The number of fused-ring (bicyclic) bond motifs is 1. The van der Waals surface area contributed by atoms with Gasteiger partial charge in [0.25, 0.3) is 5.91 Å². The predicted octanol–water partition coefficient (Wildman–Crippen LogP) is 3.29. The summed E-state index contributed by atoms with van der Waals surface area (Å²) in [5, 5.41) is 7.38. The minimum Gasteiger partial charge on any atom is -0.493 e. The number of nitrogens with one attached hydrogen (secondary N) is 1. The molecule has 0 unspecified atom stereocenters. The van der Waals surface area contributed by atoms with E-state index in [0.717, 1.165) is 43.4 Å². The lowest BCUT2D eigenvalue weighted by Gasteiger charge is -2.30. The van der Waals surface area contributed by atoms with E-state index in [-0.39, 0.29) is 5.91 Å². The Morgan fingerprint density at radius 2 is 2.00 bits per heavy atom. The van der Waals surface area contributed by atoms with E-state index >= 15 is 0 Å². The predicted molar refractivity (Wildman–Crippen MR) is 91.5 cm³/mol. The van der Waals surface area contributed by atoms with Crippen molar-refractivity contribution in [1.82, 2.24) is 15.5 Å². The van der Waals surface area contributed by atoms with Crippen LogP contribution in [0.2, 0.25) is 0 Å². The highest BCUT2D eigenvalue weighted by Gasteiger charge is 2.39. The van der Waals surface area contributed by atoms with E-state index in [9.17, 15) is 4.79 Å². The van der Waals surface area contributed by atoms with Crippen LogP contribution in [0.3, 0.4) is 0 Å². The fourth-order valence-corrected chi connectivity index (χ4v) is 3.85. The van der Waals surface area contributed by atoms with Crippen LogP contribution in [0.1, 0.15) is 66.2 Å². The van der Waals surface area contributed by atoms with Crippen molar-refractivity contribution in [3.05, 3.63) is 41.0 Å². The minimum absolute atomic E-state index is 0.0842. The molecule has 0 atom stereocenters. The highest BCUT2D eigenvalue weighted by Crippen LogP contribution is 2.35. The van der Waals surface area contributed by atoms with Gasteiger partial charge in [0, 0.05) is 18.9 Å². The number of hydrogen-bond acceptors (Lipinski definition) is 5. The van der Waals surface area contributed by atoms with Crippen molar-refractivity contribution in [2.45, 2.75) is 57.4 Å². The monoisotopic (exact) mass is 341 g/mol. The van der Waals surface area contributed by atoms with Gasteiger partial charge in [0.15, 0.2) is 5.82 Å². The van der Waals surface area contributed by atoms with Gasteiger partial charge < -0.3 is 14.6 Å². The van der Waals surface area contributed by atoms with E-state index in [1.165, 1.54) is 12.8 Å². The molecule has 1 aliphatic carbocycles. The first-order valence-corrected chi connectivity index (χ1v) is 9.05. The van der Waals surface area contributed by atoms with Gasteiger partial charge in [-0.25, -0.2) is 0 Å². The maximum Gasteiger partial charge on any atom is 0.252 e. The van der Waals surface area contributed by atoms with E-state index in [1.807, 2.05) is 18.2 Å². The summed E-state index contributed by atoms with van der Waals surface area (Å²) in [5.74, 6) is 1.93. The molecule has 2 aromatic rings. The molecule has 0 saturated heterocycles. The topological polar surface area (TPSA) is 77.2 Å². The average molecular weight is 341 g/mol. The molecule has 1 aliphatic heterocycles. The zero-order valence-corrected chi connectivity index (χ0v) is 14.5. The molecule has 25 heavy (non-hydrogen) atoms. The number of benzene rings is 1. The second-order valence-electron chi connectivity index (χ2n) is 7.01. The third kappa shape index (κ3) is 3.13. The van der Waals surface area contributed by atoms with Gasteiger partial charge in [0.1, 0.15) is 11.3 Å². The highest BCUT2D eigenvalue weighted by atomic mass is 16.5. The van der Waals surface area contributed by atoms with Crippen LogP contribution in [0, 0.1) is 6.92 Å². The Labute approximate surface area is 147 Å². The fourth-order valence-electron chi connectivity index (χ4n) is 3.85. The summed E-state index contributed by atoms with van der Waals surface area (Å²) in [4.78, 5) is 17.4. The average Bonchev–Trinajstić information content (AvgIpc) is 3.19. The third-order valence-electron chi connectivity index (χ3n) is 5.22. The number of amides is 1. The zero-order chi connectivity index (χ0) is 17.3. The normalized spacial score (nSPS) is 18.9. The van der Waals surface area contributed by atoms with E-state index in [0.29, 0.717) is 23.9 Å². The molecule has 0 bridgehead atoms. The number of aryl methyl sites for hydroxylation is 1. The number of carbonyl (C=O) groups excluding carboxylic acids is 1. The smallest absolute Gasteiger partial charge is 0.252 e. The van der Waals surface area contributed by atoms with Gasteiger partial charge in [-0.1, -0.05) is 30.8 Å². The van der Waals surface area contributed by atoms with Gasteiger partial charge in [-0.05, 0) is 36.6 Å². The third-order valence-corrected chi connectivity index (χ3v) is 5.22. The van der Waals surface area contributed by atoms with Gasteiger partial charge >= 0.3 is 0 Å². The van der Waals surface area contributed by atoms with Gasteiger partial charge in [-0.15, -0.1) is 0 Å². The molecular weight excluding hydrogens is 318 g/mol. The minimum atomic E-state index is -0.541. The standard InChI is InChI=1S/C19H23N3O3/c1-13-20-18(22-25-13)19(9-4-2-3-5-10-19)21-17(23)15-6-7-16-14(12-15)8-11-24-16/h6-7,12H,2-5,8-11H2,1H3,(H,21,23). The quantitative estimate of drug-likeness (QED) is 0.867. The SMILES string of the molecule is Cc1nc(C2(NC(=O)c3ccc4c(c3)CCO4)CCCCCC2)no1. The summed E-state index contributed by atoms with van der Waals surface area (Å²) < 4.78 is 10.7. The first-order chi connectivity index (χ1) is 12.2. The molecule has 132 valence electrons. The summed E-state index contributed by atoms with van der Waals surface area (Å²) in [6.45, 7) is 2.47. The lowest BCUT2D eigenvalue weighted by Crippen LogP contribution is -2.46. The molecule has 0 radical (unpaired) electrons. The van der Waals surface area contributed by atoms with Crippen LogP contribution in [0.4, 0.5) is 0 Å². The maximum atomic E-state index is 13.0. The van der Waals surface area contributed by atoms with Gasteiger partial charge in [0.05, 0.1) is 6.61 Å². The Hall–Kier alpha value is -2.37. The van der Waals surface area contributed by atoms with Crippen LogP contribution < -0.4 is 10.1 Å². The molecule has 4 rings (SSSR count). The number of ether oxygens (including phenoxy) is 1. The molecule has 1 aromatic heterocycles. The maximum absolute atomic E-state index is 13.0. The Bertz CT molecular complexity index is 776. The van der Waals surface area contributed by atoms with Crippen molar-refractivity contribution in [2.24, 2.45) is 0 Å². The molecule has 1 aromatic carbocycles. The van der Waals surface area contributed by atoms with Crippen LogP contribution >= 0.6 is 0 Å². The summed E-state index contributed by atoms with van der Waals surface area (Å²) in [6, 6.07) is 5.64. The van der Waals surface area contributed by atoms with Crippen LogP contribution in [0.5, 0.6) is 5.75 Å². The van der Waals surface area contributed by atoms with E-state index in [2.05, 4.69) is 15.5 Å². The Kier molecular flexibility index (Phi) is 4.19. The Balaban J connectivity index is 1.63. The number of carbonyl (C=O) groups is 1. The molecule has 1 fully saturated rings. The summed E-state index contributed by atoms with van der Waals surface area (Å²) in [6.07, 6.45) is 6.97. The van der Waals surface area contributed by atoms with E-state index < -0.39 is 5.54 Å². The van der Waals surface area contributed by atoms with Crippen molar-refractivity contribution in [3.8, 4) is 5.75 Å². The molecule has 6 nitrogen and oxygen atoms in total. The Morgan fingerprint density at radius 3 is 2.72 bits per heavy atom. The first kappa shape index (κ1) is 16.1. The largest absolute Gasteiger partial charge is 0.493 e. The molecule has 2 heterocycles. The number of nitrogens with zero attached hydrogens (tertiary/aromatic N) is 2. The molecule has 1 N–H and O–H groups in total. The van der Waals surface area contributed by atoms with Crippen molar-refractivity contribution in [1.29, 1.82) is 0 Å². The summed E-state index contributed by atoms with van der Waals surface area (Å²) >= 11 is 0. The lowest BCUT2D eigenvalue weighted by molar-refractivity contribution is 0.0876. The van der Waals surface area contributed by atoms with Gasteiger partial charge in [-0.3, -0.25) is 4.79 Å². The van der Waals surface area contributed by atoms with Crippen LogP contribution in [0.15, 0.2) is 22.7 Å². The first-order valence-electron chi connectivity index (χ1n) is 9.05.